The van der Waals surface area contributed by atoms with Crippen LogP contribution in [0.1, 0.15) is 17.9 Å². The molecule has 1 fully saturated rings. The lowest BCUT2D eigenvalue weighted by Gasteiger charge is -2.35. The molecule has 0 aliphatic carbocycles. The van der Waals surface area contributed by atoms with E-state index in [2.05, 4.69) is 0 Å². The predicted octanol–water partition coefficient (Wildman–Crippen LogP) is 2.13. The highest BCUT2D eigenvalue weighted by molar-refractivity contribution is 6.30. The van der Waals surface area contributed by atoms with Gasteiger partial charge in [-0.2, -0.15) is 0 Å². The number of carboxylic acid groups (broad SMARTS) is 1. The van der Waals surface area contributed by atoms with Crippen LogP contribution in [0, 0.1) is 0 Å². The van der Waals surface area contributed by atoms with E-state index in [4.69, 9.17) is 22.4 Å². The van der Waals surface area contributed by atoms with E-state index in [0.29, 0.717) is 24.5 Å². The van der Waals surface area contributed by atoms with Crippen LogP contribution >= 0.6 is 11.6 Å². The first kappa shape index (κ1) is 12.2. The van der Waals surface area contributed by atoms with Crippen LogP contribution in [-0.4, -0.2) is 35.2 Å². The Kier molecular flexibility index (Phi) is 3.54. The van der Waals surface area contributed by atoms with E-state index >= 15 is 0 Å². The van der Waals surface area contributed by atoms with E-state index in [9.17, 15) is 4.79 Å². The molecule has 0 aromatic heterocycles. The van der Waals surface area contributed by atoms with Crippen molar-refractivity contribution in [2.45, 2.75) is 18.4 Å². The van der Waals surface area contributed by atoms with Crippen molar-refractivity contribution in [3.8, 4) is 0 Å². The Labute approximate surface area is 105 Å². The molecule has 1 aliphatic rings. The number of nitrogens with zero attached hydrogens (tertiary/aromatic N) is 1. The average molecular weight is 255 g/mol. The quantitative estimate of drug-likeness (QED) is 0.807. The van der Waals surface area contributed by atoms with E-state index in [0.717, 1.165) is 5.56 Å². The van der Waals surface area contributed by atoms with Gasteiger partial charge in [-0.3, -0.25) is 0 Å². The molecule has 0 saturated carbocycles. The molecule has 92 valence electrons. The van der Waals surface area contributed by atoms with Crippen LogP contribution in [0.3, 0.4) is 0 Å². The molecule has 0 radical (unpaired) electrons. The van der Waals surface area contributed by atoms with Crippen LogP contribution in [0.2, 0.25) is 5.02 Å². The number of hydrogen-bond acceptors (Lipinski definition) is 2. The molecular weight excluding hydrogens is 240 g/mol. The molecule has 2 atom stereocenters. The van der Waals surface area contributed by atoms with Crippen molar-refractivity contribution in [3.05, 3.63) is 34.9 Å². The second-order valence-electron chi connectivity index (χ2n) is 4.34. The summed E-state index contributed by atoms with van der Waals surface area (Å²) in [5, 5.41) is 9.67. The maximum atomic E-state index is 11.0. The molecule has 1 aromatic rings. The van der Waals surface area contributed by atoms with Crippen LogP contribution in [-0.2, 0) is 0 Å². The molecule has 3 N–H and O–H groups in total. The number of piperidine rings is 1. The van der Waals surface area contributed by atoms with Gasteiger partial charge in [0, 0.05) is 30.1 Å². The highest BCUT2D eigenvalue weighted by atomic mass is 35.5. The van der Waals surface area contributed by atoms with Crippen molar-refractivity contribution in [3.63, 3.8) is 0 Å². The van der Waals surface area contributed by atoms with Gasteiger partial charge in [0.15, 0.2) is 0 Å². The number of likely N-dealkylation sites (tertiary alicyclic amines) is 1. The lowest BCUT2D eigenvalue weighted by Crippen LogP contribution is -2.47. The van der Waals surface area contributed by atoms with Gasteiger partial charge in [0.25, 0.3) is 0 Å². The zero-order chi connectivity index (χ0) is 12.4. The molecule has 1 amide bonds. The summed E-state index contributed by atoms with van der Waals surface area (Å²) in [5.41, 5.74) is 7.11. The number of benzene rings is 1. The largest absolute Gasteiger partial charge is 0.465 e. The first-order valence-electron chi connectivity index (χ1n) is 5.57. The minimum absolute atomic E-state index is 0.00627. The van der Waals surface area contributed by atoms with Gasteiger partial charge in [-0.05, 0) is 24.1 Å². The molecular formula is C12H15ClN2O2. The number of halogens is 1. The normalized spacial score (nSPS) is 24.7. The minimum Gasteiger partial charge on any atom is -0.465 e. The molecule has 2 rings (SSSR count). The Hall–Kier alpha value is -1.26. The van der Waals surface area contributed by atoms with Crippen molar-refractivity contribution in [2.75, 3.05) is 13.1 Å². The third kappa shape index (κ3) is 2.70. The zero-order valence-electron chi connectivity index (χ0n) is 9.34. The Morgan fingerprint density at radius 3 is 2.65 bits per heavy atom. The van der Waals surface area contributed by atoms with E-state index < -0.39 is 6.09 Å². The summed E-state index contributed by atoms with van der Waals surface area (Å²) in [7, 11) is 0. The highest BCUT2D eigenvalue weighted by Gasteiger charge is 2.30. The smallest absolute Gasteiger partial charge is 0.407 e. The lowest BCUT2D eigenvalue weighted by molar-refractivity contribution is 0.126. The van der Waals surface area contributed by atoms with Crippen LogP contribution in [0.25, 0.3) is 0 Å². The monoisotopic (exact) mass is 254 g/mol. The van der Waals surface area contributed by atoms with Gasteiger partial charge in [-0.15, -0.1) is 0 Å². The standard InChI is InChI=1S/C12H15ClN2O2/c13-9-3-1-8(2-4-9)10-7-15(12(16)17)6-5-11(10)14/h1-4,10-11H,5-7,14H2,(H,16,17)/t10-,11+/m0/s1. The molecule has 17 heavy (non-hydrogen) atoms. The first-order valence-corrected chi connectivity index (χ1v) is 5.94. The van der Waals surface area contributed by atoms with Gasteiger partial charge >= 0.3 is 6.09 Å². The number of carbonyl (C=O) groups is 1. The predicted molar refractivity (Wildman–Crippen MR) is 66.4 cm³/mol. The molecule has 1 aromatic carbocycles. The second kappa shape index (κ2) is 4.94. The number of amides is 1. The van der Waals surface area contributed by atoms with Crippen molar-refractivity contribution < 1.29 is 9.90 Å². The minimum atomic E-state index is -0.879. The van der Waals surface area contributed by atoms with Gasteiger partial charge < -0.3 is 15.7 Å². The molecule has 1 heterocycles. The Morgan fingerprint density at radius 2 is 2.06 bits per heavy atom. The summed E-state index contributed by atoms with van der Waals surface area (Å²) < 4.78 is 0. The van der Waals surface area contributed by atoms with Gasteiger partial charge in [0.05, 0.1) is 0 Å². The molecule has 4 nitrogen and oxygen atoms in total. The number of nitrogens with two attached hydrogens (primary N) is 1. The van der Waals surface area contributed by atoms with Gasteiger partial charge in [0.1, 0.15) is 0 Å². The van der Waals surface area contributed by atoms with Crippen molar-refractivity contribution in [1.29, 1.82) is 0 Å². The van der Waals surface area contributed by atoms with Gasteiger partial charge in [-0.25, -0.2) is 4.79 Å². The van der Waals surface area contributed by atoms with Crippen LogP contribution in [0.4, 0.5) is 4.79 Å². The molecule has 0 bridgehead atoms. The Morgan fingerprint density at radius 1 is 1.41 bits per heavy atom. The fourth-order valence-corrected chi connectivity index (χ4v) is 2.33. The van der Waals surface area contributed by atoms with E-state index in [-0.39, 0.29) is 12.0 Å². The Balaban J connectivity index is 2.17. The third-order valence-electron chi connectivity index (χ3n) is 3.23. The van der Waals surface area contributed by atoms with Crippen LogP contribution in [0.15, 0.2) is 24.3 Å². The fraction of sp³-hybridized carbons (Fsp3) is 0.417. The first-order chi connectivity index (χ1) is 8.08. The molecule has 0 unspecified atom stereocenters. The van der Waals surface area contributed by atoms with Gasteiger partial charge in [-0.1, -0.05) is 23.7 Å². The summed E-state index contributed by atoms with van der Waals surface area (Å²) >= 11 is 5.83. The SMILES string of the molecule is N[C@@H]1CCN(C(=O)O)C[C@H]1c1ccc(Cl)cc1. The third-order valence-corrected chi connectivity index (χ3v) is 3.49. The van der Waals surface area contributed by atoms with Crippen molar-refractivity contribution >= 4 is 17.7 Å². The molecule has 1 aliphatic heterocycles. The van der Waals surface area contributed by atoms with E-state index in [1.165, 1.54) is 4.90 Å². The maximum absolute atomic E-state index is 11.0. The van der Waals surface area contributed by atoms with Crippen LogP contribution in [0.5, 0.6) is 0 Å². The lowest BCUT2D eigenvalue weighted by atomic mass is 9.87. The topological polar surface area (TPSA) is 66.6 Å². The molecule has 0 spiro atoms. The van der Waals surface area contributed by atoms with Crippen molar-refractivity contribution in [1.82, 2.24) is 4.90 Å². The number of rotatable bonds is 1. The zero-order valence-corrected chi connectivity index (χ0v) is 10.1. The van der Waals surface area contributed by atoms with E-state index in [1.54, 1.807) is 0 Å². The molecule has 5 heteroatoms. The number of hydrogen-bond donors (Lipinski definition) is 2. The fourth-order valence-electron chi connectivity index (χ4n) is 2.21. The summed E-state index contributed by atoms with van der Waals surface area (Å²) in [6, 6.07) is 7.45. The Bertz CT molecular complexity index is 407. The summed E-state index contributed by atoms with van der Waals surface area (Å²) in [6.07, 6.45) is -0.185. The average Bonchev–Trinajstić information content (AvgIpc) is 2.31. The highest BCUT2D eigenvalue weighted by Crippen LogP contribution is 2.27. The van der Waals surface area contributed by atoms with Gasteiger partial charge in [0.2, 0.25) is 0 Å². The maximum Gasteiger partial charge on any atom is 0.407 e. The summed E-state index contributed by atoms with van der Waals surface area (Å²) in [5.74, 6) is 0.0529. The second-order valence-corrected chi connectivity index (χ2v) is 4.78. The van der Waals surface area contributed by atoms with Crippen molar-refractivity contribution in [2.24, 2.45) is 5.73 Å². The molecule has 1 saturated heterocycles. The van der Waals surface area contributed by atoms with Crippen LogP contribution < -0.4 is 5.73 Å². The summed E-state index contributed by atoms with van der Waals surface area (Å²) in [4.78, 5) is 12.4. The summed E-state index contributed by atoms with van der Waals surface area (Å²) in [6.45, 7) is 0.971. The van der Waals surface area contributed by atoms with E-state index in [1.807, 2.05) is 24.3 Å².